The van der Waals surface area contributed by atoms with E-state index in [9.17, 15) is 24.8 Å². The zero-order chi connectivity index (χ0) is 19.6. The number of aromatic nitrogens is 1. The van der Waals surface area contributed by atoms with Crippen LogP contribution in [0, 0.1) is 11.3 Å². The fourth-order valence-electron chi connectivity index (χ4n) is 2.93. The van der Waals surface area contributed by atoms with E-state index in [1.807, 2.05) is 6.07 Å². The van der Waals surface area contributed by atoms with E-state index in [1.54, 1.807) is 24.3 Å². The summed E-state index contributed by atoms with van der Waals surface area (Å²) >= 11 is 0. The van der Waals surface area contributed by atoms with Crippen molar-refractivity contribution in [2.24, 2.45) is 0 Å². The van der Waals surface area contributed by atoms with Crippen molar-refractivity contribution in [3.8, 4) is 11.8 Å². The molecule has 1 amide bonds. The van der Waals surface area contributed by atoms with Gasteiger partial charge < -0.3 is 24.8 Å². The summed E-state index contributed by atoms with van der Waals surface area (Å²) in [5.74, 6) is -2.78. The highest BCUT2D eigenvalue weighted by Gasteiger charge is 2.29. The van der Waals surface area contributed by atoms with E-state index in [2.05, 4.69) is 5.32 Å². The Morgan fingerprint density at radius 3 is 2.74 bits per heavy atom. The Morgan fingerprint density at radius 2 is 2.04 bits per heavy atom. The number of carboxylic acids is 1. The van der Waals surface area contributed by atoms with Gasteiger partial charge in [-0.3, -0.25) is 14.4 Å². The maximum Gasteiger partial charge on any atom is 0.322 e. The molecular weight excluding hydrogens is 354 g/mol. The molecule has 9 heteroatoms. The SMILES string of the molecule is N#Cc1ccccc1Cn1c2c(c(O)c(C(=O)NCC(=O)O)c1=O)COC2. The molecule has 0 bridgehead atoms. The minimum atomic E-state index is -1.28. The lowest BCUT2D eigenvalue weighted by atomic mass is 10.1. The van der Waals surface area contributed by atoms with Crippen LogP contribution in [0.1, 0.15) is 32.7 Å². The van der Waals surface area contributed by atoms with Crippen molar-refractivity contribution in [3.05, 3.63) is 62.6 Å². The van der Waals surface area contributed by atoms with Crippen molar-refractivity contribution in [1.29, 1.82) is 5.26 Å². The summed E-state index contributed by atoms with van der Waals surface area (Å²) in [5, 5.41) is 30.4. The Morgan fingerprint density at radius 1 is 1.30 bits per heavy atom. The molecule has 0 aliphatic carbocycles. The van der Waals surface area contributed by atoms with E-state index in [0.29, 0.717) is 22.4 Å². The Bertz CT molecular complexity index is 1030. The monoisotopic (exact) mass is 369 g/mol. The number of ether oxygens (including phenoxy) is 1. The van der Waals surface area contributed by atoms with Crippen molar-refractivity contribution in [2.75, 3.05) is 6.54 Å². The van der Waals surface area contributed by atoms with Crippen LogP contribution in [0.3, 0.4) is 0 Å². The third-order valence-electron chi connectivity index (χ3n) is 4.23. The van der Waals surface area contributed by atoms with E-state index in [0.717, 1.165) is 0 Å². The van der Waals surface area contributed by atoms with Crippen LogP contribution in [0.2, 0.25) is 0 Å². The van der Waals surface area contributed by atoms with E-state index in [1.165, 1.54) is 4.57 Å². The highest BCUT2D eigenvalue weighted by atomic mass is 16.5. The number of carbonyl (C=O) groups is 2. The van der Waals surface area contributed by atoms with Crippen LogP contribution >= 0.6 is 0 Å². The maximum absolute atomic E-state index is 12.9. The molecule has 27 heavy (non-hydrogen) atoms. The molecule has 1 aromatic heterocycles. The van der Waals surface area contributed by atoms with Crippen molar-refractivity contribution in [3.63, 3.8) is 0 Å². The lowest BCUT2D eigenvalue weighted by molar-refractivity contribution is -0.135. The van der Waals surface area contributed by atoms with E-state index in [4.69, 9.17) is 9.84 Å². The van der Waals surface area contributed by atoms with Crippen molar-refractivity contribution < 1.29 is 24.5 Å². The normalized spacial score (nSPS) is 12.3. The average Bonchev–Trinajstić information content (AvgIpc) is 3.14. The number of fused-ring (bicyclic) bond motifs is 1. The predicted octanol–water partition coefficient (Wildman–Crippen LogP) is 0.318. The summed E-state index contributed by atoms with van der Waals surface area (Å²) < 4.78 is 6.58. The molecule has 0 spiro atoms. The number of amides is 1. The van der Waals surface area contributed by atoms with Gasteiger partial charge in [-0.1, -0.05) is 18.2 Å². The Hall–Kier alpha value is -3.64. The molecular formula is C18H15N3O6. The van der Waals surface area contributed by atoms with Gasteiger partial charge in [0.25, 0.3) is 11.5 Å². The van der Waals surface area contributed by atoms with Gasteiger partial charge in [-0.05, 0) is 11.6 Å². The number of aromatic hydroxyl groups is 1. The van der Waals surface area contributed by atoms with Gasteiger partial charge in [-0.2, -0.15) is 5.26 Å². The second-order valence-electron chi connectivity index (χ2n) is 5.88. The van der Waals surface area contributed by atoms with E-state index >= 15 is 0 Å². The quantitative estimate of drug-likeness (QED) is 0.689. The number of rotatable bonds is 5. The van der Waals surface area contributed by atoms with Gasteiger partial charge in [0.05, 0.1) is 37.1 Å². The molecule has 3 rings (SSSR count). The first-order valence-corrected chi connectivity index (χ1v) is 7.97. The topological polar surface area (TPSA) is 142 Å². The summed E-state index contributed by atoms with van der Waals surface area (Å²) in [7, 11) is 0. The molecule has 0 unspecified atom stereocenters. The maximum atomic E-state index is 12.9. The molecule has 2 heterocycles. The average molecular weight is 369 g/mol. The number of pyridine rings is 1. The molecule has 2 aromatic rings. The minimum absolute atomic E-state index is 0.00769. The number of carbonyl (C=O) groups excluding carboxylic acids is 1. The number of carboxylic acid groups (broad SMARTS) is 1. The molecule has 0 atom stereocenters. The second-order valence-corrected chi connectivity index (χ2v) is 5.88. The Labute approximate surface area is 153 Å². The molecule has 138 valence electrons. The fraction of sp³-hybridized carbons (Fsp3) is 0.222. The number of hydrogen-bond donors (Lipinski definition) is 3. The van der Waals surface area contributed by atoms with Gasteiger partial charge in [0.15, 0.2) is 0 Å². The first-order chi connectivity index (χ1) is 12.9. The van der Waals surface area contributed by atoms with Crippen molar-refractivity contribution >= 4 is 11.9 Å². The molecule has 0 saturated carbocycles. The van der Waals surface area contributed by atoms with Gasteiger partial charge >= 0.3 is 5.97 Å². The van der Waals surface area contributed by atoms with E-state index < -0.39 is 35.3 Å². The van der Waals surface area contributed by atoms with Crippen LogP contribution in [-0.2, 0) is 29.3 Å². The van der Waals surface area contributed by atoms with E-state index in [-0.39, 0.29) is 19.8 Å². The highest BCUT2D eigenvalue weighted by Crippen LogP contribution is 2.30. The smallest absolute Gasteiger partial charge is 0.322 e. The number of nitrogens with zero attached hydrogens (tertiary/aromatic N) is 2. The molecule has 0 saturated heterocycles. The van der Waals surface area contributed by atoms with Crippen LogP contribution in [0.15, 0.2) is 29.1 Å². The summed E-state index contributed by atoms with van der Waals surface area (Å²) in [6.45, 7) is -0.596. The number of benzene rings is 1. The Kier molecular flexibility index (Phi) is 4.92. The van der Waals surface area contributed by atoms with Crippen LogP contribution in [0.4, 0.5) is 0 Å². The molecule has 1 aliphatic rings. The summed E-state index contributed by atoms with van der Waals surface area (Å²) in [5.41, 5.74) is 0.327. The van der Waals surface area contributed by atoms with Crippen LogP contribution < -0.4 is 10.9 Å². The lowest BCUT2D eigenvalue weighted by Crippen LogP contribution is -2.37. The number of hydrogen-bond acceptors (Lipinski definition) is 6. The number of nitriles is 1. The first-order valence-electron chi connectivity index (χ1n) is 7.97. The number of aliphatic carboxylic acids is 1. The third kappa shape index (κ3) is 3.38. The summed E-state index contributed by atoms with van der Waals surface area (Å²) in [4.78, 5) is 35.8. The molecule has 0 fully saturated rings. The highest BCUT2D eigenvalue weighted by molar-refractivity contribution is 5.98. The van der Waals surface area contributed by atoms with Gasteiger partial charge in [0, 0.05) is 5.56 Å². The zero-order valence-electron chi connectivity index (χ0n) is 14.1. The Balaban J connectivity index is 2.12. The summed E-state index contributed by atoms with van der Waals surface area (Å²) in [6.07, 6.45) is 0. The lowest BCUT2D eigenvalue weighted by Gasteiger charge is -2.16. The van der Waals surface area contributed by atoms with Crippen LogP contribution in [-0.4, -0.2) is 33.2 Å². The van der Waals surface area contributed by atoms with Crippen LogP contribution in [0.25, 0.3) is 0 Å². The minimum Gasteiger partial charge on any atom is -0.506 e. The third-order valence-corrected chi connectivity index (χ3v) is 4.23. The van der Waals surface area contributed by atoms with Crippen LogP contribution in [0.5, 0.6) is 5.75 Å². The first kappa shape index (κ1) is 18.2. The molecule has 1 aliphatic heterocycles. The van der Waals surface area contributed by atoms with Crippen molar-refractivity contribution in [2.45, 2.75) is 19.8 Å². The zero-order valence-corrected chi connectivity index (χ0v) is 14.1. The second kappa shape index (κ2) is 7.31. The summed E-state index contributed by atoms with van der Waals surface area (Å²) in [6, 6.07) is 8.75. The van der Waals surface area contributed by atoms with Gasteiger partial charge in [0.1, 0.15) is 17.9 Å². The number of nitrogens with one attached hydrogen (secondary N) is 1. The fourth-order valence-corrected chi connectivity index (χ4v) is 2.93. The van der Waals surface area contributed by atoms with Gasteiger partial charge in [-0.15, -0.1) is 0 Å². The molecule has 9 nitrogen and oxygen atoms in total. The van der Waals surface area contributed by atoms with Crippen molar-refractivity contribution in [1.82, 2.24) is 9.88 Å². The largest absolute Gasteiger partial charge is 0.506 e. The predicted molar refractivity (Wildman–Crippen MR) is 91.1 cm³/mol. The molecule has 3 N–H and O–H groups in total. The van der Waals surface area contributed by atoms with Gasteiger partial charge in [-0.25, -0.2) is 0 Å². The molecule has 1 aromatic carbocycles. The van der Waals surface area contributed by atoms with Gasteiger partial charge in [0.2, 0.25) is 0 Å². The molecule has 0 radical (unpaired) electrons. The standard InChI is InChI=1S/C18H15N3O6/c19-5-10-3-1-2-4-11(10)7-21-13-9-27-8-12(13)16(24)15(18(21)26)17(25)20-6-14(22)23/h1-4,24H,6-9H2,(H,20,25)(H,22,23).